The summed E-state index contributed by atoms with van der Waals surface area (Å²) in [6.07, 6.45) is -1.07. The van der Waals surface area contributed by atoms with Gasteiger partial charge in [0.1, 0.15) is 0 Å². The number of ether oxygens (including phenoxy) is 2. The van der Waals surface area contributed by atoms with Gasteiger partial charge >= 0.3 is 12.1 Å². The molecule has 0 amide bonds. The molecule has 0 fully saturated rings. The minimum atomic E-state index is -1.33. The molecule has 0 aliphatic rings. The molecule has 0 unspecified atom stereocenters. The molecule has 5 nitrogen and oxygen atoms in total. The van der Waals surface area contributed by atoms with E-state index in [4.69, 9.17) is 32.7 Å². The number of hydrogen-bond donors (Lipinski definition) is 1. The molecule has 2 rings (SSSR count). The highest BCUT2D eigenvalue weighted by atomic mass is 35.5. The van der Waals surface area contributed by atoms with Crippen LogP contribution < -0.4 is 5.32 Å². The summed E-state index contributed by atoms with van der Waals surface area (Å²) in [6.45, 7) is 6.76. The van der Waals surface area contributed by atoms with E-state index in [0.29, 0.717) is 27.0 Å². The van der Waals surface area contributed by atoms with Gasteiger partial charge in [0.2, 0.25) is 0 Å². The Morgan fingerprint density at radius 3 is 2.29 bits per heavy atom. The molecule has 0 heterocycles. The van der Waals surface area contributed by atoms with E-state index in [1.807, 2.05) is 6.07 Å². The van der Waals surface area contributed by atoms with Crippen molar-refractivity contribution in [3.8, 4) is 0 Å². The third kappa shape index (κ3) is 7.18. The molecule has 28 heavy (non-hydrogen) atoms. The summed E-state index contributed by atoms with van der Waals surface area (Å²) in [5.41, 5.74) is 1.82. The van der Waals surface area contributed by atoms with Crippen molar-refractivity contribution in [2.45, 2.75) is 32.1 Å². The van der Waals surface area contributed by atoms with E-state index < -0.39 is 20.2 Å². The number of halogens is 2. The van der Waals surface area contributed by atoms with Gasteiger partial charge in [-0.3, -0.25) is 4.79 Å². The van der Waals surface area contributed by atoms with Gasteiger partial charge < -0.3 is 14.8 Å². The number of anilines is 2. The zero-order valence-electron chi connectivity index (χ0n) is 16.1. The Morgan fingerprint density at radius 2 is 1.64 bits per heavy atom. The molecule has 0 aliphatic heterocycles. The second kappa shape index (κ2) is 9.96. The summed E-state index contributed by atoms with van der Waals surface area (Å²) in [5.74, 6) is -0.697. The van der Waals surface area contributed by atoms with Crippen LogP contribution in [0.1, 0.15) is 5.56 Å². The van der Waals surface area contributed by atoms with Crippen molar-refractivity contribution in [2.24, 2.45) is 0 Å². The number of nitrogens with one attached hydrogen (secondary N) is 1. The minimum absolute atomic E-state index is 0.103. The van der Waals surface area contributed by atoms with Gasteiger partial charge in [0.25, 0.3) is 0 Å². The molecule has 0 aromatic heterocycles. The van der Waals surface area contributed by atoms with Gasteiger partial charge in [-0.1, -0.05) is 67.1 Å². The van der Waals surface area contributed by atoms with Gasteiger partial charge in [0, 0.05) is 13.8 Å². The van der Waals surface area contributed by atoms with E-state index in [9.17, 15) is 9.59 Å². The number of carbonyl (C=O) groups excluding carboxylic acids is 2. The highest BCUT2D eigenvalue weighted by Crippen LogP contribution is 2.33. The number of carbonyl (C=O) groups is 2. The molecule has 1 N–H and O–H groups in total. The highest BCUT2D eigenvalue weighted by molar-refractivity contribution is 6.76. The van der Waals surface area contributed by atoms with Crippen LogP contribution in [0.3, 0.4) is 0 Å². The Bertz CT molecular complexity index is 832. The van der Waals surface area contributed by atoms with Crippen molar-refractivity contribution < 1.29 is 19.1 Å². The molecule has 0 bridgehead atoms. The lowest BCUT2D eigenvalue weighted by atomic mass is 10.1. The molecular formula is C20H23Cl2NO4Si. The first kappa shape index (κ1) is 22.3. The zero-order chi connectivity index (χ0) is 20.7. The Hall–Kier alpha value is -2.02. The number of para-hydroxylation sites is 2. The molecule has 0 radical (unpaired) electrons. The SMILES string of the molecule is C[Si](C)(C)CCOC(=O)OC(=O)Cc1ccccc1Nc1c(Cl)cccc1Cl. The molecule has 0 saturated heterocycles. The van der Waals surface area contributed by atoms with E-state index in [-0.39, 0.29) is 13.0 Å². The van der Waals surface area contributed by atoms with Gasteiger partial charge in [0.05, 0.1) is 28.8 Å². The summed E-state index contributed by atoms with van der Waals surface area (Å²) < 4.78 is 9.74. The third-order valence-electron chi connectivity index (χ3n) is 3.84. The molecule has 8 heteroatoms. The van der Waals surface area contributed by atoms with Gasteiger partial charge in [0.15, 0.2) is 0 Å². The lowest BCUT2D eigenvalue weighted by molar-refractivity contribution is -0.138. The third-order valence-corrected chi connectivity index (χ3v) is 6.18. The van der Waals surface area contributed by atoms with Crippen molar-refractivity contribution >= 4 is 54.8 Å². The Kier molecular flexibility index (Phi) is 7.92. The van der Waals surface area contributed by atoms with Crippen LogP contribution in [0.4, 0.5) is 16.2 Å². The van der Waals surface area contributed by atoms with Crippen LogP contribution in [0, 0.1) is 0 Å². The molecule has 0 aliphatic carbocycles. The number of hydrogen-bond acceptors (Lipinski definition) is 5. The van der Waals surface area contributed by atoms with Gasteiger partial charge in [-0.05, 0) is 29.8 Å². The molecule has 0 saturated carbocycles. The summed E-state index contributed by atoms with van der Waals surface area (Å²) in [6, 6.07) is 13.1. The lowest BCUT2D eigenvalue weighted by Crippen LogP contribution is -2.24. The lowest BCUT2D eigenvalue weighted by Gasteiger charge is -2.15. The Morgan fingerprint density at radius 1 is 1.00 bits per heavy atom. The van der Waals surface area contributed by atoms with Crippen LogP contribution >= 0.6 is 23.2 Å². The fraction of sp³-hybridized carbons (Fsp3) is 0.300. The molecular weight excluding hydrogens is 417 g/mol. The largest absolute Gasteiger partial charge is 0.516 e. The van der Waals surface area contributed by atoms with Crippen LogP contribution in [0.15, 0.2) is 42.5 Å². The molecule has 2 aromatic rings. The number of esters is 1. The standard InChI is InChI=1S/C20H23Cl2NO4Si/c1-28(2,3)12-11-26-20(25)27-18(24)13-14-7-4-5-10-17(14)23-19-15(21)8-6-9-16(19)22/h4-10,23H,11-13H2,1-3H3. The fourth-order valence-electron chi connectivity index (χ4n) is 2.30. The average molecular weight is 440 g/mol. The summed E-state index contributed by atoms with van der Waals surface area (Å²) in [4.78, 5) is 23.8. The van der Waals surface area contributed by atoms with Crippen LogP contribution in [0.25, 0.3) is 0 Å². The second-order valence-electron chi connectivity index (χ2n) is 7.44. The van der Waals surface area contributed by atoms with Crippen molar-refractivity contribution in [3.05, 3.63) is 58.1 Å². The fourth-order valence-corrected chi connectivity index (χ4v) is 3.51. The first-order valence-corrected chi connectivity index (χ1v) is 13.3. The zero-order valence-corrected chi connectivity index (χ0v) is 18.6. The van der Waals surface area contributed by atoms with Gasteiger partial charge in [-0.25, -0.2) is 4.79 Å². The van der Waals surface area contributed by atoms with E-state index in [0.717, 1.165) is 6.04 Å². The quantitative estimate of drug-likeness (QED) is 0.311. The monoisotopic (exact) mass is 439 g/mol. The molecule has 0 spiro atoms. The molecule has 0 atom stereocenters. The van der Waals surface area contributed by atoms with Crippen molar-refractivity contribution in [3.63, 3.8) is 0 Å². The van der Waals surface area contributed by atoms with Crippen molar-refractivity contribution in [1.29, 1.82) is 0 Å². The average Bonchev–Trinajstić information content (AvgIpc) is 2.58. The van der Waals surface area contributed by atoms with E-state index in [1.54, 1.807) is 36.4 Å². The minimum Gasteiger partial charge on any atom is -0.434 e. The van der Waals surface area contributed by atoms with Crippen LogP contribution in [0.5, 0.6) is 0 Å². The van der Waals surface area contributed by atoms with Crippen molar-refractivity contribution in [2.75, 3.05) is 11.9 Å². The molecule has 150 valence electrons. The van der Waals surface area contributed by atoms with Crippen LogP contribution in [0.2, 0.25) is 35.7 Å². The summed E-state index contributed by atoms with van der Waals surface area (Å²) >= 11 is 12.4. The highest BCUT2D eigenvalue weighted by Gasteiger charge is 2.18. The topological polar surface area (TPSA) is 64.6 Å². The van der Waals surface area contributed by atoms with E-state index >= 15 is 0 Å². The van der Waals surface area contributed by atoms with E-state index in [2.05, 4.69) is 25.0 Å². The predicted octanol–water partition coefficient (Wildman–Crippen LogP) is 6.30. The van der Waals surface area contributed by atoms with Gasteiger partial charge in [-0.2, -0.15) is 0 Å². The normalized spacial score (nSPS) is 11.0. The van der Waals surface area contributed by atoms with Crippen molar-refractivity contribution in [1.82, 2.24) is 0 Å². The van der Waals surface area contributed by atoms with E-state index in [1.165, 1.54) is 0 Å². The Balaban J connectivity index is 1.99. The number of benzene rings is 2. The Labute approximate surface area is 175 Å². The van der Waals surface area contributed by atoms with Crippen LogP contribution in [-0.2, 0) is 20.7 Å². The maximum Gasteiger partial charge on any atom is 0.516 e. The predicted molar refractivity (Wildman–Crippen MR) is 115 cm³/mol. The van der Waals surface area contributed by atoms with Gasteiger partial charge in [-0.15, -0.1) is 0 Å². The smallest absolute Gasteiger partial charge is 0.434 e. The molecule has 2 aromatic carbocycles. The maximum absolute atomic E-state index is 12.1. The summed E-state index contributed by atoms with van der Waals surface area (Å²) in [7, 11) is -1.33. The first-order chi connectivity index (χ1) is 13.2. The maximum atomic E-state index is 12.1. The number of rotatable bonds is 7. The second-order valence-corrected chi connectivity index (χ2v) is 13.9. The summed E-state index contributed by atoms with van der Waals surface area (Å²) in [5, 5.41) is 4.04. The van der Waals surface area contributed by atoms with Crippen LogP contribution in [-0.4, -0.2) is 26.8 Å². The first-order valence-electron chi connectivity index (χ1n) is 8.82.